The highest BCUT2D eigenvalue weighted by Crippen LogP contribution is 2.63. The summed E-state index contributed by atoms with van der Waals surface area (Å²) in [7, 11) is 1.81. The number of methoxy groups -OCH3 is 1. The topological polar surface area (TPSA) is 41.9 Å². The number of hydrogen-bond acceptors (Lipinski definition) is 4. The van der Waals surface area contributed by atoms with E-state index in [2.05, 4.69) is 18.2 Å². The van der Waals surface area contributed by atoms with Crippen LogP contribution in [0.2, 0.25) is 10.0 Å². The Morgan fingerprint density at radius 2 is 1.65 bits per heavy atom. The van der Waals surface area contributed by atoms with Crippen LogP contribution >= 0.6 is 35.0 Å². The molecule has 3 aliphatic carbocycles. The normalized spacial score (nSPS) is 26.4. The van der Waals surface area contributed by atoms with Crippen molar-refractivity contribution in [2.45, 2.75) is 81.7 Å². The van der Waals surface area contributed by atoms with E-state index in [4.69, 9.17) is 32.9 Å². The van der Waals surface area contributed by atoms with Gasteiger partial charge in [-0.2, -0.15) is 0 Å². The Kier molecular flexibility index (Phi) is 8.13. The van der Waals surface area contributed by atoms with Crippen LogP contribution in [0.15, 0.2) is 71.7 Å². The van der Waals surface area contributed by atoms with E-state index in [1.54, 1.807) is 11.8 Å². The van der Waals surface area contributed by atoms with Crippen LogP contribution < -0.4 is 0 Å². The van der Waals surface area contributed by atoms with Crippen molar-refractivity contribution in [1.29, 1.82) is 0 Å². The van der Waals surface area contributed by atoms with Gasteiger partial charge in [0.2, 0.25) is 0 Å². The Balaban J connectivity index is 1.33. The van der Waals surface area contributed by atoms with E-state index in [0.29, 0.717) is 17.3 Å². The molecule has 3 aromatic carbocycles. The molecule has 224 valence electrons. The van der Waals surface area contributed by atoms with Crippen LogP contribution in [0.3, 0.4) is 0 Å². The zero-order chi connectivity index (χ0) is 29.6. The monoisotopic (exact) mass is 632 g/mol. The van der Waals surface area contributed by atoms with Crippen LogP contribution in [0, 0.1) is 11.3 Å². The van der Waals surface area contributed by atoms with Crippen molar-refractivity contribution in [3.63, 3.8) is 0 Å². The molecule has 1 amide bonds. The number of thioether (sulfide) groups is 1. The number of nitrogens with zero attached hydrogens (tertiary/aromatic N) is 2. The smallest absolute Gasteiger partial charge is 0.262 e. The van der Waals surface area contributed by atoms with Crippen molar-refractivity contribution in [3.05, 3.63) is 105 Å². The first-order valence-electron chi connectivity index (χ1n) is 15.6. The minimum absolute atomic E-state index is 0.0861. The van der Waals surface area contributed by atoms with E-state index < -0.39 is 5.54 Å². The van der Waals surface area contributed by atoms with Gasteiger partial charge in [-0.05, 0) is 90.8 Å². The molecule has 7 heteroatoms. The third kappa shape index (κ3) is 5.35. The molecular formula is C36H38Cl2N2O2S. The van der Waals surface area contributed by atoms with Gasteiger partial charge in [0.15, 0.2) is 10.7 Å². The number of carbonyl (C=O) groups excluding carboxylic acids is 1. The number of fused-ring (bicyclic) bond motifs is 3. The maximum atomic E-state index is 15.2. The van der Waals surface area contributed by atoms with Gasteiger partial charge in [0.1, 0.15) is 0 Å². The van der Waals surface area contributed by atoms with Crippen LogP contribution in [0.25, 0.3) is 0 Å². The van der Waals surface area contributed by atoms with Crippen LogP contribution in [-0.4, -0.2) is 29.2 Å². The molecule has 1 atom stereocenters. The van der Waals surface area contributed by atoms with Crippen LogP contribution in [0.1, 0.15) is 72.8 Å². The summed E-state index contributed by atoms with van der Waals surface area (Å²) in [5, 5.41) is 2.15. The number of carbonyl (C=O) groups is 1. The fourth-order valence-electron chi connectivity index (χ4n) is 7.60. The molecule has 1 heterocycles. The van der Waals surface area contributed by atoms with E-state index in [1.807, 2.05) is 60.5 Å². The average molecular weight is 634 g/mol. The maximum absolute atomic E-state index is 15.2. The first kappa shape index (κ1) is 29.4. The SMILES string of the molecule is COC1CCC2(CC1)Cc1ccc(CCC3CC3)cc1C21N=C(SCc2ccccc2Cl)N(Cc2ccccc2Cl)C1=O. The summed E-state index contributed by atoms with van der Waals surface area (Å²) >= 11 is 14.8. The van der Waals surface area contributed by atoms with Crippen molar-refractivity contribution in [2.75, 3.05) is 7.11 Å². The van der Waals surface area contributed by atoms with Crippen LogP contribution in [0.4, 0.5) is 0 Å². The highest BCUT2D eigenvalue weighted by atomic mass is 35.5. The van der Waals surface area contributed by atoms with E-state index in [1.165, 1.54) is 30.4 Å². The Morgan fingerprint density at radius 3 is 2.33 bits per heavy atom. The van der Waals surface area contributed by atoms with Crippen molar-refractivity contribution in [3.8, 4) is 0 Å². The summed E-state index contributed by atoms with van der Waals surface area (Å²) in [5.74, 6) is 1.58. The largest absolute Gasteiger partial charge is 0.381 e. The summed E-state index contributed by atoms with van der Waals surface area (Å²) in [6, 6.07) is 22.7. The molecule has 2 saturated carbocycles. The lowest BCUT2D eigenvalue weighted by Gasteiger charge is -2.45. The van der Waals surface area contributed by atoms with Gasteiger partial charge in [0.25, 0.3) is 5.91 Å². The number of aryl methyl sites for hydroxylation is 1. The number of benzene rings is 3. The molecule has 1 unspecified atom stereocenters. The fraction of sp³-hybridized carbons (Fsp3) is 0.444. The molecule has 0 aromatic heterocycles. The number of halogens is 2. The Hall–Kier alpha value is -2.31. The van der Waals surface area contributed by atoms with Gasteiger partial charge in [-0.15, -0.1) is 0 Å². The molecule has 43 heavy (non-hydrogen) atoms. The van der Waals surface area contributed by atoms with Crippen molar-refractivity contribution >= 4 is 46.0 Å². The molecule has 3 aromatic rings. The second-order valence-corrected chi connectivity index (χ2v) is 14.6. The number of amides is 1. The third-order valence-electron chi connectivity index (χ3n) is 10.3. The van der Waals surface area contributed by atoms with Crippen LogP contribution in [0.5, 0.6) is 0 Å². The highest BCUT2D eigenvalue weighted by Gasteiger charge is 2.66. The lowest BCUT2D eigenvalue weighted by atomic mass is 9.61. The summed E-state index contributed by atoms with van der Waals surface area (Å²) in [6.45, 7) is 0.391. The lowest BCUT2D eigenvalue weighted by molar-refractivity contribution is -0.138. The molecule has 1 aliphatic heterocycles. The second-order valence-electron chi connectivity index (χ2n) is 12.8. The Bertz CT molecular complexity index is 1560. The summed E-state index contributed by atoms with van der Waals surface area (Å²) in [5.41, 5.74) is 4.47. The van der Waals surface area contributed by atoms with E-state index in [-0.39, 0.29) is 17.4 Å². The quantitative estimate of drug-likeness (QED) is 0.249. The second kappa shape index (κ2) is 11.9. The Morgan fingerprint density at radius 1 is 0.953 bits per heavy atom. The molecule has 7 rings (SSSR count). The number of aliphatic imine (C=N–C) groups is 1. The maximum Gasteiger partial charge on any atom is 0.262 e. The van der Waals surface area contributed by atoms with E-state index >= 15 is 4.79 Å². The highest BCUT2D eigenvalue weighted by molar-refractivity contribution is 8.13. The van der Waals surface area contributed by atoms with Gasteiger partial charge in [-0.3, -0.25) is 9.69 Å². The van der Waals surface area contributed by atoms with Crippen LogP contribution in [-0.2, 0) is 40.2 Å². The van der Waals surface area contributed by atoms with E-state index in [0.717, 1.165) is 71.3 Å². The van der Waals surface area contributed by atoms with Gasteiger partial charge in [0.05, 0.1) is 12.6 Å². The van der Waals surface area contributed by atoms with E-state index in [9.17, 15) is 0 Å². The molecule has 2 spiro atoms. The zero-order valence-electron chi connectivity index (χ0n) is 24.7. The molecule has 4 aliphatic rings. The fourth-order valence-corrected chi connectivity index (χ4v) is 9.12. The minimum atomic E-state index is -0.944. The van der Waals surface area contributed by atoms with Gasteiger partial charge < -0.3 is 4.74 Å². The van der Waals surface area contributed by atoms with Crippen molar-refractivity contribution in [1.82, 2.24) is 4.90 Å². The standard InChI is InChI=1S/C36H38Cl2N2O2S/c1-42-29-16-18-35(19-17-29)21-26-15-14-25(13-12-24-10-11-24)20-30(26)36(35)33(41)40(22-27-6-2-4-8-31(27)37)34(39-36)43-23-28-7-3-5-9-32(28)38/h2-9,14-15,20,24,29H,10-13,16-19,21-23H2,1H3. The van der Waals surface area contributed by atoms with Gasteiger partial charge in [-0.25, -0.2) is 4.99 Å². The zero-order valence-corrected chi connectivity index (χ0v) is 27.0. The number of rotatable bonds is 8. The first-order chi connectivity index (χ1) is 20.9. The molecular weight excluding hydrogens is 595 g/mol. The summed E-state index contributed by atoms with van der Waals surface area (Å²) < 4.78 is 5.80. The lowest BCUT2D eigenvalue weighted by Crippen LogP contribution is -2.51. The predicted octanol–water partition coefficient (Wildman–Crippen LogP) is 8.99. The summed E-state index contributed by atoms with van der Waals surface area (Å²) in [6.07, 6.45) is 9.79. The first-order valence-corrected chi connectivity index (χ1v) is 17.3. The van der Waals surface area contributed by atoms with Gasteiger partial charge >= 0.3 is 0 Å². The minimum Gasteiger partial charge on any atom is -0.381 e. The molecule has 2 fully saturated rings. The molecule has 4 nitrogen and oxygen atoms in total. The summed E-state index contributed by atoms with van der Waals surface area (Å²) in [4.78, 5) is 22.7. The number of hydrogen-bond donors (Lipinski definition) is 0. The molecule has 0 saturated heterocycles. The van der Waals surface area contributed by atoms with Gasteiger partial charge in [-0.1, -0.05) is 102 Å². The number of ether oxygens (including phenoxy) is 1. The molecule has 0 bridgehead atoms. The molecule has 0 radical (unpaired) electrons. The van der Waals surface area contributed by atoms with Crippen molar-refractivity contribution < 1.29 is 9.53 Å². The van der Waals surface area contributed by atoms with Gasteiger partial charge in [0, 0.05) is 28.3 Å². The average Bonchev–Trinajstić information content (AvgIpc) is 3.77. The Labute approximate surface area is 269 Å². The third-order valence-corrected chi connectivity index (χ3v) is 12.0. The molecule has 0 N–H and O–H groups in total. The van der Waals surface area contributed by atoms with Crippen molar-refractivity contribution in [2.24, 2.45) is 16.3 Å². The predicted molar refractivity (Wildman–Crippen MR) is 177 cm³/mol. The number of amidine groups is 1.